The molecule has 1 rings (SSSR count). The Morgan fingerprint density at radius 2 is 2.00 bits per heavy atom. The van der Waals surface area contributed by atoms with E-state index in [1.165, 1.54) is 13.2 Å². The van der Waals surface area contributed by atoms with Crippen LogP contribution in [0.4, 0.5) is 8.78 Å². The summed E-state index contributed by atoms with van der Waals surface area (Å²) in [6, 6.07) is 4.64. The van der Waals surface area contributed by atoms with Gasteiger partial charge in [0.05, 0.1) is 7.11 Å². The molecule has 1 aromatic rings. The van der Waals surface area contributed by atoms with Crippen molar-refractivity contribution >= 4 is 15.9 Å². The molecule has 0 spiro atoms. The topological polar surface area (TPSA) is 18.5 Å². The summed E-state index contributed by atoms with van der Waals surface area (Å²) < 4.78 is 33.5. The minimum Gasteiger partial charge on any atom is -0.493 e. The van der Waals surface area contributed by atoms with E-state index in [2.05, 4.69) is 20.7 Å². The van der Waals surface area contributed by atoms with Crippen molar-refractivity contribution in [2.24, 2.45) is 0 Å². The molecule has 0 aliphatic carbocycles. The average Bonchev–Trinajstić information content (AvgIpc) is 2.03. The maximum absolute atomic E-state index is 11.9. The predicted octanol–water partition coefficient (Wildman–Crippen LogP) is 3.06. The van der Waals surface area contributed by atoms with Crippen molar-refractivity contribution in [2.45, 2.75) is 6.61 Å². The van der Waals surface area contributed by atoms with E-state index in [1.54, 1.807) is 12.1 Å². The van der Waals surface area contributed by atoms with Gasteiger partial charge in [-0.2, -0.15) is 8.78 Å². The number of methoxy groups -OCH3 is 1. The second-order valence-electron chi connectivity index (χ2n) is 2.17. The van der Waals surface area contributed by atoms with Crippen LogP contribution in [0.15, 0.2) is 22.7 Å². The lowest BCUT2D eigenvalue weighted by Crippen LogP contribution is -2.03. The number of ether oxygens (including phenoxy) is 2. The lowest BCUT2D eigenvalue weighted by atomic mass is 10.3. The van der Waals surface area contributed by atoms with E-state index in [4.69, 9.17) is 4.74 Å². The third kappa shape index (κ3) is 2.84. The van der Waals surface area contributed by atoms with E-state index in [-0.39, 0.29) is 11.5 Å². The summed E-state index contributed by atoms with van der Waals surface area (Å²) in [6.45, 7) is -2.84. The molecule has 2 nitrogen and oxygen atoms in total. The Hall–Kier alpha value is -0.840. The van der Waals surface area contributed by atoms with E-state index in [0.717, 1.165) is 0 Å². The molecule has 0 heterocycles. The Balaban J connectivity index is 2.94. The highest BCUT2D eigenvalue weighted by atomic mass is 79.9. The summed E-state index contributed by atoms with van der Waals surface area (Å²) in [5.74, 6) is 0.301. The second kappa shape index (κ2) is 4.41. The summed E-state index contributed by atoms with van der Waals surface area (Å²) in [4.78, 5) is 0. The SMILES string of the molecule is COc1ccc(Br)cc1OC(F)F. The predicted molar refractivity (Wildman–Crippen MR) is 47.3 cm³/mol. The van der Waals surface area contributed by atoms with E-state index < -0.39 is 6.61 Å². The first-order valence-electron chi connectivity index (χ1n) is 3.42. The number of alkyl halides is 2. The van der Waals surface area contributed by atoms with E-state index in [1.807, 2.05) is 0 Å². The van der Waals surface area contributed by atoms with Crippen molar-refractivity contribution in [1.29, 1.82) is 0 Å². The van der Waals surface area contributed by atoms with Crippen molar-refractivity contribution in [2.75, 3.05) is 7.11 Å². The van der Waals surface area contributed by atoms with Gasteiger partial charge >= 0.3 is 6.61 Å². The minimum atomic E-state index is -2.84. The second-order valence-corrected chi connectivity index (χ2v) is 3.09. The minimum absolute atomic E-state index is 0.0203. The zero-order valence-electron chi connectivity index (χ0n) is 6.76. The van der Waals surface area contributed by atoms with Crippen LogP contribution in [-0.2, 0) is 0 Å². The molecule has 0 N–H and O–H groups in total. The Bertz CT molecular complexity index is 291. The van der Waals surface area contributed by atoms with Crippen LogP contribution in [0.5, 0.6) is 11.5 Å². The van der Waals surface area contributed by atoms with Gasteiger partial charge in [-0.15, -0.1) is 0 Å². The first-order valence-corrected chi connectivity index (χ1v) is 4.21. The molecule has 0 saturated heterocycles. The van der Waals surface area contributed by atoms with Gasteiger partial charge in [-0.05, 0) is 18.2 Å². The van der Waals surface area contributed by atoms with E-state index in [0.29, 0.717) is 4.47 Å². The summed E-state index contributed by atoms with van der Waals surface area (Å²) in [5, 5.41) is 0. The molecule has 0 atom stereocenters. The molecular weight excluding hydrogens is 246 g/mol. The fourth-order valence-electron chi connectivity index (χ4n) is 0.839. The van der Waals surface area contributed by atoms with Gasteiger partial charge in [-0.25, -0.2) is 0 Å². The lowest BCUT2D eigenvalue weighted by molar-refractivity contribution is -0.0512. The summed E-state index contributed by atoms with van der Waals surface area (Å²) in [5.41, 5.74) is 0. The quantitative estimate of drug-likeness (QED) is 0.824. The fourth-order valence-corrected chi connectivity index (χ4v) is 1.18. The monoisotopic (exact) mass is 252 g/mol. The lowest BCUT2D eigenvalue weighted by Gasteiger charge is -2.09. The molecule has 0 radical (unpaired) electrons. The van der Waals surface area contributed by atoms with Crippen LogP contribution in [-0.4, -0.2) is 13.7 Å². The molecule has 0 aromatic heterocycles. The maximum Gasteiger partial charge on any atom is 0.387 e. The van der Waals surface area contributed by atoms with Gasteiger partial charge in [0.1, 0.15) is 0 Å². The zero-order valence-corrected chi connectivity index (χ0v) is 8.35. The Kier molecular flexibility index (Phi) is 3.48. The molecule has 13 heavy (non-hydrogen) atoms. The first kappa shape index (κ1) is 10.2. The Morgan fingerprint density at radius 1 is 1.31 bits per heavy atom. The smallest absolute Gasteiger partial charge is 0.387 e. The largest absolute Gasteiger partial charge is 0.493 e. The molecule has 0 aliphatic rings. The van der Waals surface area contributed by atoms with Crippen molar-refractivity contribution in [1.82, 2.24) is 0 Å². The van der Waals surface area contributed by atoms with Crippen LogP contribution in [0.25, 0.3) is 0 Å². The summed E-state index contributed by atoms with van der Waals surface area (Å²) in [7, 11) is 1.39. The summed E-state index contributed by atoms with van der Waals surface area (Å²) >= 11 is 3.13. The number of hydrogen-bond donors (Lipinski definition) is 0. The van der Waals surface area contributed by atoms with Crippen LogP contribution >= 0.6 is 15.9 Å². The molecule has 0 aliphatic heterocycles. The van der Waals surface area contributed by atoms with Crippen molar-refractivity contribution in [3.8, 4) is 11.5 Å². The Morgan fingerprint density at radius 3 is 2.54 bits per heavy atom. The van der Waals surface area contributed by atoms with Crippen LogP contribution in [0.1, 0.15) is 0 Å². The Labute approximate surface area is 82.6 Å². The molecule has 0 bridgehead atoms. The van der Waals surface area contributed by atoms with Gasteiger partial charge in [0.15, 0.2) is 11.5 Å². The molecule has 0 amide bonds. The first-order chi connectivity index (χ1) is 6.13. The zero-order chi connectivity index (χ0) is 9.84. The van der Waals surface area contributed by atoms with Crippen LogP contribution in [0, 0.1) is 0 Å². The highest BCUT2D eigenvalue weighted by Gasteiger charge is 2.10. The molecule has 0 unspecified atom stereocenters. The van der Waals surface area contributed by atoms with Crippen molar-refractivity contribution in [3.63, 3.8) is 0 Å². The standard InChI is InChI=1S/C8H7BrF2O2/c1-12-6-3-2-5(9)4-7(6)13-8(10)11/h2-4,8H,1H3. The normalized spacial score (nSPS) is 10.2. The van der Waals surface area contributed by atoms with Gasteiger partial charge < -0.3 is 9.47 Å². The number of benzene rings is 1. The van der Waals surface area contributed by atoms with E-state index >= 15 is 0 Å². The molecule has 72 valence electrons. The average molecular weight is 253 g/mol. The molecule has 1 aromatic carbocycles. The molecule has 0 saturated carbocycles. The van der Waals surface area contributed by atoms with Gasteiger partial charge in [0, 0.05) is 4.47 Å². The van der Waals surface area contributed by atoms with Crippen LogP contribution in [0.3, 0.4) is 0 Å². The van der Waals surface area contributed by atoms with Gasteiger partial charge in [0.25, 0.3) is 0 Å². The van der Waals surface area contributed by atoms with Crippen LogP contribution < -0.4 is 9.47 Å². The van der Waals surface area contributed by atoms with Gasteiger partial charge in [-0.1, -0.05) is 15.9 Å². The van der Waals surface area contributed by atoms with E-state index in [9.17, 15) is 8.78 Å². The summed E-state index contributed by atoms with van der Waals surface area (Å²) in [6.07, 6.45) is 0. The van der Waals surface area contributed by atoms with Crippen LogP contribution in [0.2, 0.25) is 0 Å². The number of hydrogen-bond acceptors (Lipinski definition) is 2. The molecule has 5 heteroatoms. The molecule has 0 fully saturated rings. The van der Waals surface area contributed by atoms with Gasteiger partial charge in [0.2, 0.25) is 0 Å². The third-order valence-corrected chi connectivity index (χ3v) is 1.83. The number of halogens is 3. The fraction of sp³-hybridized carbons (Fsp3) is 0.250. The highest BCUT2D eigenvalue weighted by molar-refractivity contribution is 9.10. The van der Waals surface area contributed by atoms with Crippen molar-refractivity contribution in [3.05, 3.63) is 22.7 Å². The highest BCUT2D eigenvalue weighted by Crippen LogP contribution is 2.31. The third-order valence-electron chi connectivity index (χ3n) is 1.34. The molecular formula is C8H7BrF2O2. The van der Waals surface area contributed by atoms with Gasteiger partial charge in [-0.3, -0.25) is 0 Å². The number of rotatable bonds is 3. The van der Waals surface area contributed by atoms with Crippen molar-refractivity contribution < 1.29 is 18.3 Å². The maximum atomic E-state index is 11.9.